The van der Waals surface area contributed by atoms with Gasteiger partial charge >= 0.3 is 0 Å². The topological polar surface area (TPSA) is 43.8 Å². The fourth-order valence-corrected chi connectivity index (χ4v) is 1.93. The summed E-state index contributed by atoms with van der Waals surface area (Å²) in [5.74, 6) is -0.232. The molecule has 0 radical (unpaired) electrons. The lowest BCUT2D eigenvalue weighted by molar-refractivity contribution is 0.630. The number of hydrogen-bond donors (Lipinski definition) is 1. The average molecular weight is 233 g/mol. The number of nitrogens with two attached hydrogens (primary N) is 1. The first-order valence-electron chi connectivity index (χ1n) is 5.67. The molecule has 2 aromatic rings. The number of halogens is 1. The number of benzene rings is 1. The molecule has 1 aromatic heterocycles. The molecule has 0 atom stereocenters. The molecule has 0 fully saturated rings. The van der Waals surface area contributed by atoms with E-state index in [9.17, 15) is 4.39 Å². The first-order chi connectivity index (χ1) is 8.15. The SMILES string of the molecule is CCc1nn(C)cc1-c1cc(CN)ccc1F. The highest BCUT2D eigenvalue weighted by atomic mass is 19.1. The smallest absolute Gasteiger partial charge is 0.131 e. The van der Waals surface area contributed by atoms with E-state index in [1.165, 1.54) is 6.07 Å². The fourth-order valence-electron chi connectivity index (χ4n) is 1.93. The van der Waals surface area contributed by atoms with Gasteiger partial charge in [-0.3, -0.25) is 4.68 Å². The number of nitrogens with zero attached hydrogens (tertiary/aromatic N) is 2. The maximum atomic E-state index is 13.8. The Morgan fingerprint density at radius 1 is 1.35 bits per heavy atom. The highest BCUT2D eigenvalue weighted by molar-refractivity contribution is 5.66. The van der Waals surface area contributed by atoms with E-state index in [-0.39, 0.29) is 5.82 Å². The Labute approximate surface area is 100 Å². The van der Waals surface area contributed by atoms with Gasteiger partial charge in [0.05, 0.1) is 5.69 Å². The summed E-state index contributed by atoms with van der Waals surface area (Å²) in [6.45, 7) is 2.42. The van der Waals surface area contributed by atoms with E-state index in [0.717, 1.165) is 23.2 Å². The summed E-state index contributed by atoms with van der Waals surface area (Å²) in [4.78, 5) is 0. The summed E-state index contributed by atoms with van der Waals surface area (Å²) >= 11 is 0. The van der Waals surface area contributed by atoms with Crippen molar-refractivity contribution >= 4 is 0 Å². The Bertz CT molecular complexity index is 531. The third kappa shape index (κ3) is 2.22. The summed E-state index contributed by atoms with van der Waals surface area (Å²) in [5.41, 5.74) is 8.84. The molecule has 0 unspecified atom stereocenters. The average Bonchev–Trinajstić information content (AvgIpc) is 2.71. The van der Waals surface area contributed by atoms with Crippen LogP contribution in [-0.4, -0.2) is 9.78 Å². The van der Waals surface area contributed by atoms with E-state index in [1.807, 2.05) is 20.2 Å². The number of rotatable bonds is 3. The van der Waals surface area contributed by atoms with Gasteiger partial charge < -0.3 is 5.73 Å². The van der Waals surface area contributed by atoms with Gasteiger partial charge in [0.25, 0.3) is 0 Å². The van der Waals surface area contributed by atoms with Crippen LogP contribution in [0.15, 0.2) is 24.4 Å². The van der Waals surface area contributed by atoms with Gasteiger partial charge in [0.1, 0.15) is 5.82 Å². The normalized spacial score (nSPS) is 10.8. The Morgan fingerprint density at radius 2 is 2.12 bits per heavy atom. The Hall–Kier alpha value is -1.68. The summed E-state index contributed by atoms with van der Waals surface area (Å²) in [6, 6.07) is 4.97. The first-order valence-corrected chi connectivity index (χ1v) is 5.67. The van der Waals surface area contributed by atoms with Crippen molar-refractivity contribution in [3.63, 3.8) is 0 Å². The van der Waals surface area contributed by atoms with Gasteiger partial charge in [-0.2, -0.15) is 5.10 Å². The van der Waals surface area contributed by atoms with Crippen LogP contribution in [0.5, 0.6) is 0 Å². The van der Waals surface area contributed by atoms with Crippen LogP contribution in [-0.2, 0) is 20.0 Å². The molecule has 3 nitrogen and oxygen atoms in total. The molecular weight excluding hydrogens is 217 g/mol. The Kier molecular flexibility index (Phi) is 3.24. The molecule has 0 saturated heterocycles. The zero-order valence-electron chi connectivity index (χ0n) is 10.1. The lowest BCUT2D eigenvalue weighted by Crippen LogP contribution is -1.97. The van der Waals surface area contributed by atoms with Gasteiger partial charge in [-0.25, -0.2) is 4.39 Å². The predicted octanol–water partition coefficient (Wildman–Crippen LogP) is 2.25. The van der Waals surface area contributed by atoms with Crippen molar-refractivity contribution in [2.24, 2.45) is 12.8 Å². The van der Waals surface area contributed by atoms with E-state index < -0.39 is 0 Å². The molecule has 17 heavy (non-hydrogen) atoms. The van der Waals surface area contributed by atoms with Crippen molar-refractivity contribution in [3.05, 3.63) is 41.5 Å². The Morgan fingerprint density at radius 3 is 2.76 bits per heavy atom. The van der Waals surface area contributed by atoms with Crippen LogP contribution in [0.3, 0.4) is 0 Å². The Balaban J connectivity index is 2.58. The molecule has 0 aliphatic heterocycles. The highest BCUT2D eigenvalue weighted by Gasteiger charge is 2.12. The van der Waals surface area contributed by atoms with Crippen molar-refractivity contribution < 1.29 is 4.39 Å². The van der Waals surface area contributed by atoms with Crippen LogP contribution in [0.4, 0.5) is 4.39 Å². The van der Waals surface area contributed by atoms with Crippen LogP contribution < -0.4 is 5.73 Å². The van der Waals surface area contributed by atoms with Gasteiger partial charge in [0.15, 0.2) is 0 Å². The van der Waals surface area contributed by atoms with Gasteiger partial charge in [-0.05, 0) is 24.1 Å². The molecule has 2 rings (SSSR count). The molecule has 1 heterocycles. The van der Waals surface area contributed by atoms with Crippen molar-refractivity contribution in [3.8, 4) is 11.1 Å². The van der Waals surface area contributed by atoms with Crippen LogP contribution in [0.1, 0.15) is 18.2 Å². The second-order valence-electron chi connectivity index (χ2n) is 4.04. The third-order valence-corrected chi connectivity index (χ3v) is 2.80. The van der Waals surface area contributed by atoms with Crippen LogP contribution in [0, 0.1) is 5.82 Å². The van der Waals surface area contributed by atoms with E-state index >= 15 is 0 Å². The van der Waals surface area contributed by atoms with E-state index in [4.69, 9.17) is 5.73 Å². The van der Waals surface area contributed by atoms with E-state index in [1.54, 1.807) is 16.8 Å². The van der Waals surface area contributed by atoms with E-state index in [2.05, 4.69) is 5.10 Å². The molecule has 0 bridgehead atoms. The lowest BCUT2D eigenvalue weighted by atomic mass is 10.0. The second-order valence-corrected chi connectivity index (χ2v) is 4.04. The minimum Gasteiger partial charge on any atom is -0.326 e. The molecule has 0 saturated carbocycles. The molecular formula is C13H16FN3. The molecule has 0 amide bonds. The predicted molar refractivity (Wildman–Crippen MR) is 65.9 cm³/mol. The minimum absolute atomic E-state index is 0.232. The van der Waals surface area contributed by atoms with Crippen molar-refractivity contribution in [2.45, 2.75) is 19.9 Å². The van der Waals surface area contributed by atoms with Crippen molar-refractivity contribution in [1.29, 1.82) is 0 Å². The number of aromatic nitrogens is 2. The molecule has 4 heteroatoms. The molecule has 1 aromatic carbocycles. The summed E-state index contributed by atoms with van der Waals surface area (Å²) in [5, 5.41) is 4.32. The monoisotopic (exact) mass is 233 g/mol. The number of hydrogen-bond acceptors (Lipinski definition) is 2. The molecule has 0 aliphatic rings. The van der Waals surface area contributed by atoms with E-state index in [0.29, 0.717) is 12.1 Å². The van der Waals surface area contributed by atoms with Gasteiger partial charge in [0.2, 0.25) is 0 Å². The summed E-state index contributed by atoms with van der Waals surface area (Å²) in [6.07, 6.45) is 2.63. The third-order valence-electron chi connectivity index (χ3n) is 2.80. The van der Waals surface area contributed by atoms with Gasteiger partial charge in [-0.15, -0.1) is 0 Å². The first kappa shape index (κ1) is 11.8. The summed E-state index contributed by atoms with van der Waals surface area (Å²) in [7, 11) is 1.84. The summed E-state index contributed by atoms with van der Waals surface area (Å²) < 4.78 is 15.6. The highest BCUT2D eigenvalue weighted by Crippen LogP contribution is 2.27. The van der Waals surface area contributed by atoms with Crippen molar-refractivity contribution in [2.75, 3.05) is 0 Å². The minimum atomic E-state index is -0.232. The van der Waals surface area contributed by atoms with Crippen molar-refractivity contribution in [1.82, 2.24) is 9.78 Å². The maximum absolute atomic E-state index is 13.8. The molecule has 0 aliphatic carbocycles. The van der Waals surface area contributed by atoms with Crippen LogP contribution in [0.2, 0.25) is 0 Å². The molecule has 2 N–H and O–H groups in total. The van der Waals surface area contributed by atoms with Gasteiger partial charge in [-0.1, -0.05) is 13.0 Å². The lowest BCUT2D eigenvalue weighted by Gasteiger charge is -2.05. The second kappa shape index (κ2) is 4.67. The standard InChI is InChI=1S/C13H16FN3/c1-3-13-11(8-17(2)16-13)10-6-9(7-15)4-5-12(10)14/h4-6,8H,3,7,15H2,1-2H3. The maximum Gasteiger partial charge on any atom is 0.131 e. The quantitative estimate of drug-likeness (QED) is 0.883. The van der Waals surface area contributed by atoms with Crippen LogP contribution in [0.25, 0.3) is 11.1 Å². The van der Waals surface area contributed by atoms with Gasteiger partial charge in [0, 0.05) is 30.9 Å². The van der Waals surface area contributed by atoms with Crippen LogP contribution >= 0.6 is 0 Å². The number of aryl methyl sites for hydroxylation is 2. The zero-order chi connectivity index (χ0) is 12.4. The largest absolute Gasteiger partial charge is 0.326 e. The zero-order valence-corrected chi connectivity index (χ0v) is 10.1. The molecule has 0 spiro atoms. The fraction of sp³-hybridized carbons (Fsp3) is 0.308. The molecule has 90 valence electrons.